The molecule has 0 radical (unpaired) electrons. The number of esters is 1. The number of fused-ring (bicyclic) bond motifs is 3. The molecule has 3 nitrogen and oxygen atoms in total. The molecule has 0 heterocycles. The van der Waals surface area contributed by atoms with Crippen molar-refractivity contribution in [1.82, 2.24) is 0 Å². The second-order valence-corrected chi connectivity index (χ2v) is 13.6. The molecule has 5 aromatic carbocycles. The fourth-order valence-electron chi connectivity index (χ4n) is 4.67. The summed E-state index contributed by atoms with van der Waals surface area (Å²) in [7, 11) is 1.41. The molecule has 5 aromatic rings. The molecule has 1 aliphatic carbocycles. The van der Waals surface area contributed by atoms with E-state index in [0.29, 0.717) is 5.56 Å². The van der Waals surface area contributed by atoms with Gasteiger partial charge in [-0.15, -0.1) is 0 Å². The number of hydrogen-bond acceptors (Lipinski definition) is 3. The molecule has 0 atom stereocenters. The number of rotatable bonds is 6. The molecule has 0 aromatic heterocycles. The van der Waals surface area contributed by atoms with Crippen molar-refractivity contribution in [2.24, 2.45) is 3.21 Å². The number of methoxy groups -OCH3 is 1. The van der Waals surface area contributed by atoms with Crippen LogP contribution in [0.25, 0.3) is 23.3 Å². The van der Waals surface area contributed by atoms with E-state index in [0.717, 1.165) is 33.5 Å². The van der Waals surface area contributed by atoms with E-state index in [-0.39, 0.29) is 5.97 Å². The van der Waals surface area contributed by atoms with Crippen LogP contribution < -0.4 is 0 Å². The fraction of sp³-hybridized carbons (Fsp3) is 0.0286. The Kier molecular flexibility index (Phi) is 7.19. The van der Waals surface area contributed by atoms with Crippen molar-refractivity contribution < 1.29 is 9.53 Å². The van der Waals surface area contributed by atoms with E-state index in [1.165, 1.54) is 19.8 Å². The number of carbonyl (C=O) groups is 1. The predicted molar refractivity (Wildman–Crippen MR) is 169 cm³/mol. The Morgan fingerprint density at radius 1 is 0.615 bits per heavy atom. The standard InChI is InChI=1S/C35H26INO2/c1-39-35(38)27-20-23-32-33(24-27)30-14-8-9-15-31(30)34(32)37-36(28-12-6-3-7-13-28)29-21-18-26(19-22-29)17-16-25-10-4-2-5-11-25/h2-24H,1H3/b17-16+,37-34?. The van der Waals surface area contributed by atoms with Gasteiger partial charge in [0.1, 0.15) is 0 Å². The fourth-order valence-corrected chi connectivity index (χ4v) is 9.09. The van der Waals surface area contributed by atoms with E-state index in [2.05, 4.69) is 97.1 Å². The number of benzene rings is 5. The number of halogens is 1. The molecule has 0 spiro atoms. The first-order chi connectivity index (χ1) is 19.2. The quantitative estimate of drug-likeness (QED) is 0.106. The Labute approximate surface area is 236 Å². The molecular formula is C35H26INO2. The van der Waals surface area contributed by atoms with Gasteiger partial charge in [0.05, 0.1) is 0 Å². The summed E-state index contributed by atoms with van der Waals surface area (Å²) >= 11 is -2.22. The molecule has 1 aliphatic rings. The normalized spacial score (nSPS) is 13.3. The second-order valence-electron chi connectivity index (χ2n) is 9.09. The monoisotopic (exact) mass is 619 g/mol. The molecule has 6 rings (SSSR count). The van der Waals surface area contributed by atoms with Gasteiger partial charge in [0.2, 0.25) is 0 Å². The summed E-state index contributed by atoms with van der Waals surface area (Å²) in [6, 6.07) is 43.9. The molecule has 4 heteroatoms. The van der Waals surface area contributed by atoms with Gasteiger partial charge in [0, 0.05) is 0 Å². The van der Waals surface area contributed by atoms with Gasteiger partial charge in [-0.3, -0.25) is 0 Å². The molecule has 0 amide bonds. The minimum atomic E-state index is -2.22. The summed E-state index contributed by atoms with van der Waals surface area (Å²) in [5.41, 5.74) is 8.18. The van der Waals surface area contributed by atoms with Gasteiger partial charge in [-0.2, -0.15) is 0 Å². The molecule has 0 bridgehead atoms. The minimum absolute atomic E-state index is 0.334. The van der Waals surface area contributed by atoms with Gasteiger partial charge in [0.15, 0.2) is 0 Å². The van der Waals surface area contributed by atoms with Gasteiger partial charge in [-0.25, -0.2) is 0 Å². The average Bonchev–Trinajstić information content (AvgIpc) is 3.32. The third-order valence-corrected chi connectivity index (χ3v) is 11.4. The van der Waals surface area contributed by atoms with Crippen LogP contribution in [0.2, 0.25) is 0 Å². The van der Waals surface area contributed by atoms with Crippen molar-refractivity contribution in [3.63, 3.8) is 0 Å². The Morgan fingerprint density at radius 3 is 1.87 bits per heavy atom. The van der Waals surface area contributed by atoms with Gasteiger partial charge >= 0.3 is 237 Å². The van der Waals surface area contributed by atoms with E-state index >= 15 is 0 Å². The summed E-state index contributed by atoms with van der Waals surface area (Å²) in [5, 5.41) is 0. The molecule has 39 heavy (non-hydrogen) atoms. The van der Waals surface area contributed by atoms with Crippen LogP contribution in [0.1, 0.15) is 32.6 Å². The number of nitrogens with zero attached hydrogens (tertiary/aromatic N) is 1. The first kappa shape index (κ1) is 25.0. The van der Waals surface area contributed by atoms with Crippen molar-refractivity contribution in [2.75, 3.05) is 7.11 Å². The second kappa shape index (κ2) is 11.2. The summed E-state index contributed by atoms with van der Waals surface area (Å²) in [6.45, 7) is 0. The third kappa shape index (κ3) is 5.20. The Morgan fingerprint density at radius 2 is 1.18 bits per heavy atom. The molecule has 0 aliphatic heterocycles. The van der Waals surface area contributed by atoms with Crippen LogP contribution in [0.3, 0.4) is 0 Å². The zero-order chi connectivity index (χ0) is 26.6. The van der Waals surface area contributed by atoms with E-state index in [4.69, 9.17) is 7.94 Å². The van der Waals surface area contributed by atoms with Crippen LogP contribution in [0, 0.1) is 7.14 Å². The Hall–Kier alpha value is -4.29. The molecule has 0 saturated heterocycles. The van der Waals surface area contributed by atoms with Crippen LogP contribution in [0.15, 0.2) is 131 Å². The van der Waals surface area contributed by atoms with Gasteiger partial charge in [0.25, 0.3) is 0 Å². The first-order valence-corrected chi connectivity index (χ1v) is 15.8. The van der Waals surface area contributed by atoms with Crippen molar-refractivity contribution in [1.29, 1.82) is 0 Å². The van der Waals surface area contributed by atoms with Crippen molar-refractivity contribution >= 4 is 43.9 Å². The number of ether oxygens (including phenoxy) is 1. The van der Waals surface area contributed by atoms with E-state index in [1.54, 1.807) is 0 Å². The molecule has 0 unspecified atom stereocenters. The van der Waals surface area contributed by atoms with Gasteiger partial charge < -0.3 is 0 Å². The zero-order valence-corrected chi connectivity index (χ0v) is 23.6. The number of hydrogen-bond donors (Lipinski definition) is 0. The maximum atomic E-state index is 12.3. The van der Waals surface area contributed by atoms with Crippen LogP contribution in [-0.4, -0.2) is 18.8 Å². The summed E-state index contributed by atoms with van der Waals surface area (Å²) in [4.78, 5) is 12.3. The Bertz CT molecular complexity index is 1690. The van der Waals surface area contributed by atoms with Crippen LogP contribution in [-0.2, 0) is 4.74 Å². The van der Waals surface area contributed by atoms with Crippen LogP contribution in [0.5, 0.6) is 0 Å². The van der Waals surface area contributed by atoms with E-state index < -0.39 is 20.1 Å². The molecule has 0 N–H and O–H groups in total. The summed E-state index contributed by atoms with van der Waals surface area (Å²) in [5.74, 6) is -0.334. The van der Waals surface area contributed by atoms with E-state index in [9.17, 15) is 4.79 Å². The summed E-state index contributed by atoms with van der Waals surface area (Å²) in [6.07, 6.45) is 4.28. The molecule has 0 saturated carbocycles. The zero-order valence-electron chi connectivity index (χ0n) is 21.4. The number of carbonyl (C=O) groups excluding carboxylic acids is 1. The van der Waals surface area contributed by atoms with Gasteiger partial charge in [-0.1, -0.05) is 0 Å². The van der Waals surface area contributed by atoms with Crippen LogP contribution in [0.4, 0.5) is 0 Å². The third-order valence-electron chi connectivity index (χ3n) is 6.62. The first-order valence-electron chi connectivity index (χ1n) is 12.7. The molecular weight excluding hydrogens is 593 g/mol. The van der Waals surface area contributed by atoms with Crippen molar-refractivity contribution in [3.05, 3.63) is 162 Å². The molecule has 190 valence electrons. The molecule has 0 fully saturated rings. The van der Waals surface area contributed by atoms with Crippen LogP contribution >= 0.6 is 20.1 Å². The maximum absolute atomic E-state index is 12.3. The SMILES string of the molecule is COC(=O)c1ccc2c(c1)-c1ccccc1C2=NI(c1ccccc1)c1ccc(/C=C/c2ccccc2)cc1. The predicted octanol–water partition coefficient (Wildman–Crippen LogP) is 8.62. The van der Waals surface area contributed by atoms with E-state index in [1.807, 2.05) is 42.5 Å². The summed E-state index contributed by atoms with van der Waals surface area (Å²) < 4.78 is 13.1. The topological polar surface area (TPSA) is 38.7 Å². The van der Waals surface area contributed by atoms with Gasteiger partial charge in [-0.05, 0) is 0 Å². The Balaban J connectivity index is 1.42. The average molecular weight is 620 g/mol. The van der Waals surface area contributed by atoms with Crippen molar-refractivity contribution in [3.8, 4) is 11.1 Å². The van der Waals surface area contributed by atoms with Crippen molar-refractivity contribution in [2.45, 2.75) is 0 Å².